The maximum Gasteiger partial charge on any atom is 0.244 e. The van der Waals surface area contributed by atoms with E-state index in [1.165, 1.54) is 4.80 Å². The quantitative estimate of drug-likeness (QED) is 0.740. The lowest BCUT2D eigenvalue weighted by atomic mass is 10.1. The fourth-order valence-corrected chi connectivity index (χ4v) is 2.66. The van der Waals surface area contributed by atoms with Crippen LogP contribution in [0.4, 0.5) is 0 Å². The van der Waals surface area contributed by atoms with Crippen molar-refractivity contribution in [2.24, 2.45) is 0 Å². The van der Waals surface area contributed by atoms with Crippen LogP contribution in [0.3, 0.4) is 0 Å². The fourth-order valence-electron chi connectivity index (χ4n) is 2.31. The van der Waals surface area contributed by atoms with Crippen LogP contribution >= 0.6 is 23.2 Å². The summed E-state index contributed by atoms with van der Waals surface area (Å²) in [5.41, 5.74) is 1.63. The van der Waals surface area contributed by atoms with Gasteiger partial charge in [-0.25, -0.2) is 0 Å². The predicted molar refractivity (Wildman–Crippen MR) is 96.3 cm³/mol. The summed E-state index contributed by atoms with van der Waals surface area (Å²) in [5, 5.41) is 16.1. The molecule has 0 aliphatic rings. The van der Waals surface area contributed by atoms with Crippen molar-refractivity contribution < 1.29 is 4.79 Å². The van der Waals surface area contributed by atoms with E-state index in [4.69, 9.17) is 23.2 Å². The molecule has 0 bridgehead atoms. The van der Waals surface area contributed by atoms with E-state index in [2.05, 4.69) is 20.7 Å². The molecular formula is C17H15Cl2N5O. The van der Waals surface area contributed by atoms with Gasteiger partial charge in [0.15, 0.2) is 0 Å². The van der Waals surface area contributed by atoms with Gasteiger partial charge in [0.2, 0.25) is 11.7 Å². The Bertz CT molecular complexity index is 879. The summed E-state index contributed by atoms with van der Waals surface area (Å²) in [7, 11) is 0. The summed E-state index contributed by atoms with van der Waals surface area (Å²) in [6.07, 6.45) is 0. The van der Waals surface area contributed by atoms with Gasteiger partial charge in [0, 0.05) is 10.6 Å². The molecule has 0 spiro atoms. The normalized spacial score (nSPS) is 12.0. The van der Waals surface area contributed by atoms with Crippen LogP contribution in [0, 0.1) is 0 Å². The maximum atomic E-state index is 12.2. The average Bonchev–Trinajstić information content (AvgIpc) is 3.03. The van der Waals surface area contributed by atoms with Crippen molar-refractivity contribution in [1.82, 2.24) is 25.5 Å². The van der Waals surface area contributed by atoms with Gasteiger partial charge >= 0.3 is 0 Å². The molecule has 0 aliphatic carbocycles. The number of halogens is 2. The number of hydrogen-bond acceptors (Lipinski definition) is 4. The van der Waals surface area contributed by atoms with Gasteiger partial charge in [0.05, 0.1) is 11.1 Å². The fraction of sp³-hybridized carbons (Fsp3) is 0.176. The van der Waals surface area contributed by atoms with Gasteiger partial charge in [-0.1, -0.05) is 47.5 Å². The second-order valence-corrected chi connectivity index (χ2v) is 6.31. The average molecular weight is 376 g/mol. The van der Waals surface area contributed by atoms with Crippen LogP contribution in [0.25, 0.3) is 11.4 Å². The molecule has 3 aromatic rings. The third-order valence-electron chi connectivity index (χ3n) is 3.60. The standard InChI is InChI=1S/C17H15Cl2N5O/c1-11(12-6-8-13(18)9-7-12)20-16(25)10-24-22-17(21-23-24)14-4-2-3-5-15(14)19/h2-9,11H,10H2,1H3,(H,20,25)/t11-/m1/s1. The first kappa shape index (κ1) is 17.4. The van der Waals surface area contributed by atoms with Gasteiger partial charge in [-0.2, -0.15) is 4.80 Å². The molecule has 0 aliphatic heterocycles. The Labute approximate surface area is 154 Å². The van der Waals surface area contributed by atoms with E-state index >= 15 is 0 Å². The Morgan fingerprint density at radius 2 is 1.88 bits per heavy atom. The Morgan fingerprint density at radius 1 is 1.16 bits per heavy atom. The van der Waals surface area contributed by atoms with Crippen molar-refractivity contribution in [1.29, 1.82) is 0 Å². The molecule has 25 heavy (non-hydrogen) atoms. The van der Waals surface area contributed by atoms with Gasteiger partial charge in [0.25, 0.3) is 0 Å². The van der Waals surface area contributed by atoms with Gasteiger partial charge in [-0.05, 0) is 42.0 Å². The van der Waals surface area contributed by atoms with E-state index < -0.39 is 0 Å². The zero-order valence-electron chi connectivity index (χ0n) is 13.4. The number of hydrogen-bond donors (Lipinski definition) is 1. The van der Waals surface area contributed by atoms with E-state index in [0.29, 0.717) is 21.4 Å². The molecule has 0 saturated carbocycles. The van der Waals surface area contributed by atoms with Gasteiger partial charge in [-0.3, -0.25) is 4.79 Å². The van der Waals surface area contributed by atoms with E-state index in [0.717, 1.165) is 5.56 Å². The summed E-state index contributed by atoms with van der Waals surface area (Å²) >= 11 is 12.0. The molecule has 1 amide bonds. The number of carbonyl (C=O) groups excluding carboxylic acids is 1. The van der Waals surface area contributed by atoms with Crippen LogP contribution < -0.4 is 5.32 Å². The monoisotopic (exact) mass is 375 g/mol. The van der Waals surface area contributed by atoms with Crippen LogP contribution in [-0.4, -0.2) is 26.1 Å². The number of aromatic nitrogens is 4. The lowest BCUT2D eigenvalue weighted by molar-refractivity contribution is -0.122. The summed E-state index contributed by atoms with van der Waals surface area (Å²) < 4.78 is 0. The summed E-state index contributed by atoms with van der Waals surface area (Å²) in [5.74, 6) is 0.162. The number of benzene rings is 2. The molecule has 0 saturated heterocycles. The van der Waals surface area contributed by atoms with Crippen molar-refractivity contribution in [2.75, 3.05) is 0 Å². The number of nitrogens with zero attached hydrogens (tertiary/aromatic N) is 4. The minimum absolute atomic E-state index is 0.0324. The van der Waals surface area contributed by atoms with Crippen molar-refractivity contribution in [2.45, 2.75) is 19.5 Å². The van der Waals surface area contributed by atoms with Crippen molar-refractivity contribution in [3.05, 3.63) is 64.1 Å². The maximum absolute atomic E-state index is 12.2. The van der Waals surface area contributed by atoms with Crippen LogP contribution in [-0.2, 0) is 11.3 Å². The summed E-state index contributed by atoms with van der Waals surface area (Å²) in [6, 6.07) is 14.4. The number of rotatable bonds is 5. The van der Waals surface area contributed by atoms with E-state index in [9.17, 15) is 4.79 Å². The van der Waals surface area contributed by atoms with Crippen LogP contribution in [0.5, 0.6) is 0 Å². The zero-order chi connectivity index (χ0) is 17.8. The van der Waals surface area contributed by atoms with Crippen molar-refractivity contribution >= 4 is 29.1 Å². The van der Waals surface area contributed by atoms with E-state index in [-0.39, 0.29) is 18.5 Å². The molecule has 0 radical (unpaired) electrons. The first-order chi connectivity index (χ1) is 12.0. The Balaban J connectivity index is 1.64. The molecule has 0 unspecified atom stereocenters. The predicted octanol–water partition coefficient (Wildman–Crippen LogP) is 3.52. The second-order valence-electron chi connectivity index (χ2n) is 5.46. The Hall–Kier alpha value is -2.44. The molecule has 1 N–H and O–H groups in total. The molecule has 1 atom stereocenters. The minimum Gasteiger partial charge on any atom is -0.348 e. The second kappa shape index (κ2) is 7.63. The van der Waals surface area contributed by atoms with Gasteiger partial charge in [0.1, 0.15) is 6.54 Å². The Morgan fingerprint density at radius 3 is 2.60 bits per heavy atom. The SMILES string of the molecule is C[C@@H](NC(=O)Cn1nnc(-c2ccccc2Cl)n1)c1ccc(Cl)cc1. The van der Waals surface area contributed by atoms with Crippen molar-refractivity contribution in [3.8, 4) is 11.4 Å². The van der Waals surface area contributed by atoms with Crippen LogP contribution in [0.1, 0.15) is 18.5 Å². The van der Waals surface area contributed by atoms with Gasteiger partial charge < -0.3 is 5.32 Å². The summed E-state index contributed by atoms with van der Waals surface area (Å²) in [4.78, 5) is 13.4. The molecule has 8 heteroatoms. The third kappa shape index (κ3) is 4.35. The molecule has 2 aromatic carbocycles. The number of tetrazole rings is 1. The topological polar surface area (TPSA) is 72.7 Å². The van der Waals surface area contributed by atoms with Gasteiger partial charge in [-0.15, -0.1) is 10.2 Å². The third-order valence-corrected chi connectivity index (χ3v) is 4.18. The van der Waals surface area contributed by atoms with E-state index in [1.54, 1.807) is 24.3 Å². The minimum atomic E-state index is -0.217. The van der Waals surface area contributed by atoms with Crippen LogP contribution in [0.2, 0.25) is 10.0 Å². The highest BCUT2D eigenvalue weighted by Crippen LogP contribution is 2.23. The summed E-state index contributed by atoms with van der Waals surface area (Å²) in [6.45, 7) is 1.86. The number of carbonyl (C=O) groups is 1. The first-order valence-electron chi connectivity index (χ1n) is 7.60. The lowest BCUT2D eigenvalue weighted by Crippen LogP contribution is -2.30. The highest BCUT2D eigenvalue weighted by Gasteiger charge is 2.13. The van der Waals surface area contributed by atoms with Crippen LogP contribution in [0.15, 0.2) is 48.5 Å². The number of nitrogens with one attached hydrogen (secondary N) is 1. The zero-order valence-corrected chi connectivity index (χ0v) is 14.9. The molecule has 1 heterocycles. The largest absolute Gasteiger partial charge is 0.348 e. The molecule has 3 rings (SSSR count). The first-order valence-corrected chi connectivity index (χ1v) is 8.36. The van der Waals surface area contributed by atoms with E-state index in [1.807, 2.05) is 31.2 Å². The smallest absolute Gasteiger partial charge is 0.244 e. The molecule has 1 aromatic heterocycles. The highest BCUT2D eigenvalue weighted by molar-refractivity contribution is 6.33. The molecule has 128 valence electrons. The number of amides is 1. The van der Waals surface area contributed by atoms with Crippen molar-refractivity contribution in [3.63, 3.8) is 0 Å². The molecule has 0 fully saturated rings. The molecule has 6 nitrogen and oxygen atoms in total. The highest BCUT2D eigenvalue weighted by atomic mass is 35.5. The molecular weight excluding hydrogens is 361 g/mol. The lowest BCUT2D eigenvalue weighted by Gasteiger charge is -2.14. The Kier molecular flexibility index (Phi) is 5.31.